The van der Waals surface area contributed by atoms with Crippen molar-refractivity contribution in [3.63, 3.8) is 0 Å². The molecule has 0 saturated carbocycles. The first-order valence-corrected chi connectivity index (χ1v) is 18.4. The fourth-order valence-corrected chi connectivity index (χ4v) is 5.56. The molecule has 2 aromatic carbocycles. The number of unbranched alkanes of at least 4 members (excludes halogenated alkanes) is 1. The molecule has 0 unspecified atom stereocenters. The summed E-state index contributed by atoms with van der Waals surface area (Å²) in [6.07, 6.45) is -6.39. The molecule has 0 heterocycles. The number of halogens is 3. The second kappa shape index (κ2) is 18.6. The maximum atomic E-state index is 13.3. The van der Waals surface area contributed by atoms with Gasteiger partial charge in [0.05, 0.1) is 22.0 Å². The zero-order valence-electron chi connectivity index (χ0n) is 32.1. The van der Waals surface area contributed by atoms with E-state index in [9.17, 15) is 46.1 Å². The number of hydrogen-bond acceptors (Lipinski definition) is 12. The van der Waals surface area contributed by atoms with Gasteiger partial charge in [0.1, 0.15) is 22.8 Å². The lowest BCUT2D eigenvalue weighted by Crippen LogP contribution is -2.47. The summed E-state index contributed by atoms with van der Waals surface area (Å²) in [5, 5.41) is 16.7. The number of nitro groups is 1. The summed E-state index contributed by atoms with van der Waals surface area (Å²) in [6.45, 7) is 14.5. The first kappa shape index (κ1) is 46.2. The standard InChI is InChI=1S/C35H48F3N5O11S/c1-32(2,3)52-28(44)25(42-55(49,50)24-14-12-13-23(21-24)35(36,37)38)19-22-15-16-27(26(20-22)43(47)48)51-18-11-10-17-39-29(40-30(45)53-33(4,5)6)41-31(46)54-34(7,8)9/h12-16,20-21,25,42H,10-11,17-19H2,1-9H3,(H2,39,40,41,45,46)/t25-/m0/s1. The molecule has 0 aliphatic heterocycles. The van der Waals surface area contributed by atoms with Crippen molar-refractivity contribution in [2.24, 2.45) is 4.99 Å². The number of esters is 1. The van der Waals surface area contributed by atoms with E-state index in [0.29, 0.717) is 25.0 Å². The van der Waals surface area contributed by atoms with Gasteiger partial charge in [-0.25, -0.2) is 18.0 Å². The fourth-order valence-electron chi connectivity index (χ4n) is 4.33. The number of carbonyl (C=O) groups excluding carboxylic acids is 3. The van der Waals surface area contributed by atoms with E-state index < -0.39 is 84.7 Å². The molecule has 2 rings (SSSR count). The topological polar surface area (TPSA) is 214 Å². The van der Waals surface area contributed by atoms with Crippen molar-refractivity contribution in [1.82, 2.24) is 15.4 Å². The quantitative estimate of drug-likeness (QED) is 0.0383. The van der Waals surface area contributed by atoms with Gasteiger partial charge in [-0.15, -0.1) is 0 Å². The summed E-state index contributed by atoms with van der Waals surface area (Å²) in [5.41, 5.74) is -4.36. The van der Waals surface area contributed by atoms with Crippen molar-refractivity contribution < 1.29 is 59.8 Å². The molecular weight excluding hydrogens is 755 g/mol. The number of hydrogen-bond donors (Lipinski definition) is 3. The molecule has 2 amide bonds. The lowest BCUT2D eigenvalue weighted by Gasteiger charge is -2.25. The Balaban J connectivity index is 2.20. The highest BCUT2D eigenvalue weighted by Crippen LogP contribution is 2.31. The van der Waals surface area contributed by atoms with Gasteiger partial charge < -0.3 is 18.9 Å². The molecule has 1 atom stereocenters. The van der Waals surface area contributed by atoms with Crippen molar-refractivity contribution in [2.75, 3.05) is 13.2 Å². The van der Waals surface area contributed by atoms with Gasteiger partial charge in [-0.3, -0.25) is 30.5 Å². The molecule has 0 saturated heterocycles. The maximum Gasteiger partial charge on any atom is 0.416 e. The lowest BCUT2D eigenvalue weighted by atomic mass is 10.0. The zero-order valence-corrected chi connectivity index (χ0v) is 32.9. The van der Waals surface area contributed by atoms with Crippen LogP contribution in [0.2, 0.25) is 0 Å². The van der Waals surface area contributed by atoms with Gasteiger partial charge in [0.2, 0.25) is 16.0 Å². The Morgan fingerprint density at radius 2 is 1.40 bits per heavy atom. The van der Waals surface area contributed by atoms with Crippen molar-refractivity contribution in [1.29, 1.82) is 0 Å². The van der Waals surface area contributed by atoms with Crippen LogP contribution in [0.15, 0.2) is 52.4 Å². The highest BCUT2D eigenvalue weighted by molar-refractivity contribution is 7.89. The minimum absolute atomic E-state index is 0.0264. The van der Waals surface area contributed by atoms with Crippen LogP contribution in [0.5, 0.6) is 5.75 Å². The average Bonchev–Trinajstić information content (AvgIpc) is 2.99. The fraction of sp³-hybridized carbons (Fsp3) is 0.543. The molecule has 0 fully saturated rings. The van der Waals surface area contributed by atoms with Crippen LogP contribution in [0.1, 0.15) is 86.3 Å². The van der Waals surface area contributed by atoms with Crippen LogP contribution in [-0.4, -0.2) is 73.5 Å². The summed E-state index contributed by atoms with van der Waals surface area (Å²) in [7, 11) is -4.72. The summed E-state index contributed by atoms with van der Waals surface area (Å²) in [4.78, 5) is 52.3. The van der Waals surface area contributed by atoms with E-state index in [1.54, 1.807) is 41.5 Å². The summed E-state index contributed by atoms with van der Waals surface area (Å²) < 4.78 is 89.6. The number of rotatable bonds is 13. The van der Waals surface area contributed by atoms with Gasteiger partial charge in [0.25, 0.3) is 0 Å². The number of nitrogens with zero attached hydrogens (tertiary/aromatic N) is 2. The first-order valence-electron chi connectivity index (χ1n) is 16.9. The summed E-state index contributed by atoms with van der Waals surface area (Å²) in [5.74, 6) is -1.44. The monoisotopic (exact) mass is 803 g/mol. The molecule has 3 N–H and O–H groups in total. The predicted octanol–water partition coefficient (Wildman–Crippen LogP) is 6.41. The van der Waals surface area contributed by atoms with Gasteiger partial charge in [-0.1, -0.05) is 12.1 Å². The highest BCUT2D eigenvalue weighted by Gasteiger charge is 2.34. The van der Waals surface area contributed by atoms with E-state index in [2.05, 4.69) is 20.3 Å². The number of guanidine groups is 1. The Morgan fingerprint density at radius 3 is 1.91 bits per heavy atom. The highest BCUT2D eigenvalue weighted by atomic mass is 32.2. The van der Waals surface area contributed by atoms with Crippen molar-refractivity contribution in [3.05, 3.63) is 63.7 Å². The molecule has 2 aromatic rings. The van der Waals surface area contributed by atoms with E-state index in [1.165, 1.54) is 32.9 Å². The number of nitrogens with one attached hydrogen (secondary N) is 3. The normalized spacial score (nSPS) is 12.9. The first-order chi connectivity index (χ1) is 25.0. The molecule has 0 spiro atoms. The molecule has 16 nitrogen and oxygen atoms in total. The third kappa shape index (κ3) is 17.4. The lowest BCUT2D eigenvalue weighted by molar-refractivity contribution is -0.385. The van der Waals surface area contributed by atoms with E-state index in [-0.39, 0.29) is 30.4 Å². The number of alkyl halides is 3. The number of ether oxygens (including phenoxy) is 4. The molecule has 20 heteroatoms. The molecular formula is C35H48F3N5O11S. The van der Waals surface area contributed by atoms with Crippen LogP contribution >= 0.6 is 0 Å². The molecule has 0 aromatic heterocycles. The van der Waals surface area contributed by atoms with E-state index >= 15 is 0 Å². The Bertz CT molecular complexity index is 1800. The van der Waals surface area contributed by atoms with Crippen LogP contribution in [0.4, 0.5) is 28.4 Å². The van der Waals surface area contributed by atoms with Crippen molar-refractivity contribution in [2.45, 2.75) is 115 Å². The molecule has 0 bridgehead atoms. The smallest absolute Gasteiger partial charge is 0.416 e. The minimum atomic E-state index is -4.84. The van der Waals surface area contributed by atoms with Gasteiger partial charge in [-0.2, -0.15) is 17.9 Å². The van der Waals surface area contributed by atoms with E-state index in [1.807, 2.05) is 0 Å². The minimum Gasteiger partial charge on any atom is -0.487 e. The number of amides is 2. The van der Waals surface area contributed by atoms with Crippen LogP contribution in [0.25, 0.3) is 0 Å². The van der Waals surface area contributed by atoms with Crippen molar-refractivity contribution in [3.8, 4) is 5.75 Å². The van der Waals surface area contributed by atoms with Gasteiger partial charge >= 0.3 is 30.0 Å². The van der Waals surface area contributed by atoms with Gasteiger partial charge in [-0.05, 0) is 111 Å². The Morgan fingerprint density at radius 1 is 0.836 bits per heavy atom. The SMILES string of the molecule is CC(C)(C)OC(=O)NC(=NCCCCOc1ccc(C[C@H](NS(=O)(=O)c2cccc(C(F)(F)F)c2)C(=O)OC(C)(C)C)cc1[N+](=O)[O-])NC(=O)OC(C)(C)C. The molecule has 55 heavy (non-hydrogen) atoms. The summed E-state index contributed by atoms with van der Waals surface area (Å²) in [6, 6.07) is 4.94. The predicted molar refractivity (Wildman–Crippen MR) is 194 cm³/mol. The Labute approximate surface area is 317 Å². The van der Waals surface area contributed by atoms with Crippen molar-refractivity contribution >= 4 is 39.8 Å². The number of carbonyl (C=O) groups is 3. The third-order valence-corrected chi connectivity index (χ3v) is 7.91. The van der Waals surface area contributed by atoms with Crippen LogP contribution in [0.3, 0.4) is 0 Å². The van der Waals surface area contributed by atoms with E-state index in [4.69, 9.17) is 18.9 Å². The molecule has 0 radical (unpaired) electrons. The summed E-state index contributed by atoms with van der Waals surface area (Å²) >= 11 is 0. The molecule has 0 aliphatic carbocycles. The third-order valence-electron chi connectivity index (χ3n) is 6.44. The number of aliphatic imine (C=N–C) groups is 1. The van der Waals surface area contributed by atoms with Crippen LogP contribution < -0.4 is 20.1 Å². The zero-order chi connectivity index (χ0) is 42.0. The number of sulfonamides is 1. The molecule has 0 aliphatic rings. The second-order valence-electron chi connectivity index (χ2n) is 15.0. The van der Waals surface area contributed by atoms with Crippen LogP contribution in [0, 0.1) is 10.1 Å². The maximum absolute atomic E-state index is 13.3. The molecule has 306 valence electrons. The number of benzene rings is 2. The number of nitro benzene ring substituents is 1. The Kier molecular flexibility index (Phi) is 15.6. The number of alkyl carbamates (subject to hydrolysis) is 2. The largest absolute Gasteiger partial charge is 0.487 e. The van der Waals surface area contributed by atoms with Gasteiger partial charge in [0.15, 0.2) is 5.75 Å². The van der Waals surface area contributed by atoms with E-state index in [0.717, 1.165) is 18.2 Å². The second-order valence-corrected chi connectivity index (χ2v) is 16.7. The average molecular weight is 804 g/mol. The van der Waals surface area contributed by atoms with Gasteiger partial charge in [0, 0.05) is 12.6 Å². The Hall–Kier alpha value is -4.98. The van der Waals surface area contributed by atoms with Crippen LogP contribution in [-0.2, 0) is 41.6 Å².